The number of carboxylic acid groups (broad SMARTS) is 1. The van der Waals surface area contributed by atoms with E-state index in [-0.39, 0.29) is 11.1 Å². The van der Waals surface area contributed by atoms with Gasteiger partial charge in [0.05, 0.1) is 5.69 Å². The molecule has 0 unspecified atom stereocenters. The highest BCUT2D eigenvalue weighted by Crippen LogP contribution is 2.27. The third-order valence-electron chi connectivity index (χ3n) is 1.57. The first-order valence-electron chi connectivity index (χ1n) is 4.29. The third kappa shape index (κ3) is 2.45. The zero-order valence-electron chi connectivity index (χ0n) is 8.71. The first-order valence-corrected chi connectivity index (χ1v) is 5.06. The Balaban J connectivity index is 3.04. The number of aromatic nitrogens is 1. The summed E-state index contributed by atoms with van der Waals surface area (Å²) in [6, 6.07) is 0. The fraction of sp³-hybridized carbons (Fsp3) is 0.556. The number of aromatic carboxylic acids is 1. The van der Waals surface area contributed by atoms with Crippen molar-refractivity contribution in [2.45, 2.75) is 33.2 Å². The van der Waals surface area contributed by atoms with Crippen molar-refractivity contribution in [3.63, 3.8) is 0 Å². The van der Waals surface area contributed by atoms with Crippen LogP contribution < -0.4 is 5.32 Å². The predicted octanol–water partition coefficient (Wildman–Crippen LogP) is 2.36. The van der Waals surface area contributed by atoms with Gasteiger partial charge in [-0.3, -0.25) is 0 Å². The number of hydrogen-bond acceptors (Lipinski definition) is 4. The van der Waals surface area contributed by atoms with Crippen LogP contribution in [0.25, 0.3) is 0 Å². The molecule has 0 spiro atoms. The highest BCUT2D eigenvalue weighted by atomic mass is 32.1. The number of carboxylic acids is 1. The summed E-state index contributed by atoms with van der Waals surface area (Å²) >= 11 is 1.19. The van der Waals surface area contributed by atoms with E-state index in [1.807, 2.05) is 20.8 Å². The third-order valence-corrected chi connectivity index (χ3v) is 2.42. The minimum atomic E-state index is -0.928. The van der Waals surface area contributed by atoms with Crippen LogP contribution in [0.4, 0.5) is 5.00 Å². The molecule has 0 aliphatic carbocycles. The van der Waals surface area contributed by atoms with Crippen molar-refractivity contribution >= 4 is 22.5 Å². The molecule has 2 N–H and O–H groups in total. The highest BCUT2D eigenvalue weighted by Gasteiger charge is 2.20. The van der Waals surface area contributed by atoms with E-state index in [1.54, 1.807) is 6.92 Å². The van der Waals surface area contributed by atoms with Crippen molar-refractivity contribution in [2.75, 3.05) is 5.32 Å². The fourth-order valence-electron chi connectivity index (χ4n) is 1.05. The monoisotopic (exact) mass is 214 g/mol. The van der Waals surface area contributed by atoms with Gasteiger partial charge in [0, 0.05) is 5.54 Å². The molecule has 4 nitrogen and oxygen atoms in total. The topological polar surface area (TPSA) is 62.2 Å². The van der Waals surface area contributed by atoms with Crippen molar-refractivity contribution in [1.82, 2.24) is 4.37 Å². The molecule has 1 heterocycles. The molecule has 0 bridgehead atoms. The quantitative estimate of drug-likeness (QED) is 0.793. The van der Waals surface area contributed by atoms with Gasteiger partial charge in [0.1, 0.15) is 10.6 Å². The van der Waals surface area contributed by atoms with Crippen LogP contribution in [0.15, 0.2) is 0 Å². The number of nitrogens with zero attached hydrogens (tertiary/aromatic N) is 1. The summed E-state index contributed by atoms with van der Waals surface area (Å²) in [6.45, 7) is 7.64. The normalized spacial score (nSPS) is 11.4. The summed E-state index contributed by atoms with van der Waals surface area (Å²) < 4.78 is 4.02. The number of nitrogens with one attached hydrogen (secondary N) is 1. The molecule has 0 saturated carbocycles. The van der Waals surface area contributed by atoms with Crippen LogP contribution in [0.2, 0.25) is 0 Å². The summed E-state index contributed by atoms with van der Waals surface area (Å²) in [5.41, 5.74) is 0.697. The first kappa shape index (κ1) is 11.0. The standard InChI is InChI=1S/C9H14N2O2S/c1-5-6(8(12)13)7(14-11-5)10-9(2,3)4/h10H,1-4H3,(H,12,13). The smallest absolute Gasteiger partial charge is 0.340 e. The predicted molar refractivity (Wildman–Crippen MR) is 57.2 cm³/mol. The second kappa shape index (κ2) is 3.57. The van der Waals surface area contributed by atoms with E-state index in [0.29, 0.717) is 10.7 Å². The molecular weight excluding hydrogens is 200 g/mol. The van der Waals surface area contributed by atoms with Crippen molar-refractivity contribution in [1.29, 1.82) is 0 Å². The Morgan fingerprint density at radius 2 is 2.07 bits per heavy atom. The van der Waals surface area contributed by atoms with E-state index in [2.05, 4.69) is 9.69 Å². The van der Waals surface area contributed by atoms with Crippen LogP contribution in [0.3, 0.4) is 0 Å². The highest BCUT2D eigenvalue weighted by molar-refractivity contribution is 7.10. The molecule has 1 aromatic heterocycles. The Morgan fingerprint density at radius 3 is 2.50 bits per heavy atom. The number of anilines is 1. The van der Waals surface area contributed by atoms with E-state index in [1.165, 1.54) is 11.5 Å². The van der Waals surface area contributed by atoms with Crippen LogP contribution in [0, 0.1) is 6.92 Å². The van der Waals surface area contributed by atoms with Crippen molar-refractivity contribution in [3.05, 3.63) is 11.3 Å². The molecule has 78 valence electrons. The van der Waals surface area contributed by atoms with E-state index in [0.717, 1.165) is 0 Å². The zero-order chi connectivity index (χ0) is 10.9. The molecule has 1 aromatic rings. The van der Waals surface area contributed by atoms with E-state index < -0.39 is 5.97 Å². The van der Waals surface area contributed by atoms with Crippen LogP contribution in [-0.2, 0) is 0 Å². The number of aryl methyl sites for hydroxylation is 1. The minimum absolute atomic E-state index is 0.150. The summed E-state index contributed by atoms with van der Waals surface area (Å²) in [5.74, 6) is -0.928. The van der Waals surface area contributed by atoms with E-state index >= 15 is 0 Å². The van der Waals surface area contributed by atoms with Gasteiger partial charge < -0.3 is 10.4 Å². The first-order chi connectivity index (χ1) is 6.31. The second-order valence-corrected chi connectivity index (χ2v) is 4.93. The lowest BCUT2D eigenvalue weighted by Gasteiger charge is -2.20. The molecule has 0 aliphatic heterocycles. The Morgan fingerprint density at radius 1 is 1.50 bits per heavy atom. The van der Waals surface area contributed by atoms with Crippen molar-refractivity contribution < 1.29 is 9.90 Å². The Labute approximate surface area is 87.1 Å². The van der Waals surface area contributed by atoms with Gasteiger partial charge in [-0.15, -0.1) is 0 Å². The largest absolute Gasteiger partial charge is 0.478 e. The maximum absolute atomic E-state index is 10.9. The van der Waals surface area contributed by atoms with Crippen molar-refractivity contribution in [2.24, 2.45) is 0 Å². The fourth-order valence-corrected chi connectivity index (χ4v) is 2.05. The van der Waals surface area contributed by atoms with Gasteiger partial charge in [0.2, 0.25) is 0 Å². The Bertz CT molecular complexity index is 352. The molecule has 14 heavy (non-hydrogen) atoms. The maximum Gasteiger partial charge on any atom is 0.340 e. The number of hydrogen-bond donors (Lipinski definition) is 2. The lowest BCUT2D eigenvalue weighted by molar-refractivity contribution is 0.0697. The van der Waals surface area contributed by atoms with E-state index in [9.17, 15) is 4.79 Å². The van der Waals surface area contributed by atoms with Gasteiger partial charge in [-0.25, -0.2) is 4.79 Å². The van der Waals surface area contributed by atoms with Gasteiger partial charge >= 0.3 is 5.97 Å². The molecule has 0 amide bonds. The average Bonchev–Trinajstić information content (AvgIpc) is 2.27. The lowest BCUT2D eigenvalue weighted by atomic mass is 10.1. The van der Waals surface area contributed by atoms with Gasteiger partial charge in [0.15, 0.2) is 0 Å². The Kier molecular flexibility index (Phi) is 2.80. The molecular formula is C9H14N2O2S. The van der Waals surface area contributed by atoms with Gasteiger partial charge in [-0.2, -0.15) is 4.37 Å². The average molecular weight is 214 g/mol. The van der Waals surface area contributed by atoms with Crippen LogP contribution in [0.5, 0.6) is 0 Å². The lowest BCUT2D eigenvalue weighted by Crippen LogP contribution is -2.26. The zero-order valence-corrected chi connectivity index (χ0v) is 9.53. The van der Waals surface area contributed by atoms with Crippen LogP contribution in [-0.4, -0.2) is 21.0 Å². The molecule has 0 aromatic carbocycles. The number of carbonyl (C=O) groups is 1. The summed E-state index contributed by atoms with van der Waals surface area (Å²) in [7, 11) is 0. The molecule has 1 rings (SSSR count). The Hall–Kier alpha value is -1.10. The summed E-state index contributed by atoms with van der Waals surface area (Å²) in [6.07, 6.45) is 0. The van der Waals surface area contributed by atoms with E-state index in [4.69, 9.17) is 5.11 Å². The number of rotatable bonds is 2. The molecule has 0 fully saturated rings. The van der Waals surface area contributed by atoms with Crippen molar-refractivity contribution in [3.8, 4) is 0 Å². The molecule has 0 radical (unpaired) electrons. The molecule has 5 heteroatoms. The van der Waals surface area contributed by atoms with Crippen LogP contribution in [0.1, 0.15) is 36.8 Å². The van der Waals surface area contributed by atoms with Gasteiger partial charge in [-0.05, 0) is 39.2 Å². The SMILES string of the molecule is Cc1nsc(NC(C)(C)C)c1C(=O)O. The summed E-state index contributed by atoms with van der Waals surface area (Å²) in [5, 5.41) is 12.7. The minimum Gasteiger partial charge on any atom is -0.478 e. The van der Waals surface area contributed by atoms with Gasteiger partial charge in [-0.1, -0.05) is 0 Å². The molecule has 0 atom stereocenters. The van der Waals surface area contributed by atoms with Gasteiger partial charge in [0.25, 0.3) is 0 Å². The molecule has 0 saturated heterocycles. The van der Waals surface area contributed by atoms with Crippen LogP contribution >= 0.6 is 11.5 Å². The molecule has 0 aliphatic rings. The summed E-state index contributed by atoms with van der Waals surface area (Å²) in [4.78, 5) is 10.9. The second-order valence-electron chi connectivity index (χ2n) is 4.15. The maximum atomic E-state index is 10.9.